The first-order valence-corrected chi connectivity index (χ1v) is 5.74. The predicted molar refractivity (Wildman–Crippen MR) is 53.6 cm³/mol. The van der Waals surface area contributed by atoms with E-state index in [0.29, 0.717) is 5.75 Å². The van der Waals surface area contributed by atoms with Crippen molar-refractivity contribution in [2.24, 2.45) is 5.14 Å². The Hall–Kier alpha value is -1.07. The van der Waals surface area contributed by atoms with Crippen LogP contribution in [0.25, 0.3) is 0 Å². The Bertz CT molecular complexity index is 412. The molecule has 0 heterocycles. The van der Waals surface area contributed by atoms with Crippen LogP contribution in [0.15, 0.2) is 29.2 Å². The van der Waals surface area contributed by atoms with E-state index in [0.717, 1.165) is 0 Å². The summed E-state index contributed by atoms with van der Waals surface area (Å²) >= 11 is 0. The average molecular weight is 215 g/mol. The molecule has 78 valence electrons. The second-order valence-corrected chi connectivity index (χ2v) is 4.69. The maximum absolute atomic E-state index is 11.1. The molecule has 0 radical (unpaired) electrons. The van der Waals surface area contributed by atoms with Crippen LogP contribution in [0.4, 0.5) is 0 Å². The molecule has 0 bridgehead atoms. The Labute approximate surface area is 83.7 Å². The monoisotopic (exact) mass is 215 g/mol. The third kappa shape index (κ3) is 2.71. The number of primary sulfonamides is 1. The lowest BCUT2D eigenvalue weighted by Crippen LogP contribution is -2.15. The summed E-state index contributed by atoms with van der Waals surface area (Å²) in [6.07, 6.45) is -0.0853. The smallest absolute Gasteiger partial charge is 0.241 e. The quantitative estimate of drug-likeness (QED) is 0.821. The molecule has 0 aliphatic rings. The second-order valence-electron chi connectivity index (χ2n) is 3.16. The summed E-state index contributed by atoms with van der Waals surface area (Å²) in [6, 6.07) is 6.31. The van der Waals surface area contributed by atoms with Gasteiger partial charge in [0.15, 0.2) is 0 Å². The molecule has 0 atom stereocenters. The molecule has 0 aliphatic heterocycles. The number of ether oxygens (including phenoxy) is 1. The van der Waals surface area contributed by atoms with Crippen molar-refractivity contribution in [2.75, 3.05) is 0 Å². The summed E-state index contributed by atoms with van der Waals surface area (Å²) in [6.45, 7) is 3.64. The van der Waals surface area contributed by atoms with Gasteiger partial charge in [-0.05, 0) is 26.0 Å². The molecule has 0 unspecified atom stereocenters. The summed E-state index contributed by atoms with van der Waals surface area (Å²) in [5, 5.41) is 5.03. The molecule has 1 rings (SSSR count). The van der Waals surface area contributed by atoms with E-state index >= 15 is 0 Å². The van der Waals surface area contributed by atoms with Crippen molar-refractivity contribution in [1.29, 1.82) is 0 Å². The number of hydrogen-bond acceptors (Lipinski definition) is 3. The molecule has 1 aromatic rings. The van der Waals surface area contributed by atoms with Gasteiger partial charge in [-0.1, -0.05) is 12.1 Å². The van der Waals surface area contributed by atoms with Gasteiger partial charge >= 0.3 is 0 Å². The van der Waals surface area contributed by atoms with E-state index in [4.69, 9.17) is 9.88 Å². The van der Waals surface area contributed by atoms with Crippen LogP contribution >= 0.6 is 0 Å². The lowest BCUT2D eigenvalue weighted by atomic mass is 10.3. The van der Waals surface area contributed by atoms with Crippen LogP contribution in [0.1, 0.15) is 13.8 Å². The maximum atomic E-state index is 11.1. The first-order valence-electron chi connectivity index (χ1n) is 4.20. The Morgan fingerprint density at radius 3 is 2.36 bits per heavy atom. The zero-order valence-corrected chi connectivity index (χ0v) is 8.91. The summed E-state index contributed by atoms with van der Waals surface area (Å²) < 4.78 is 27.6. The van der Waals surface area contributed by atoms with E-state index < -0.39 is 10.0 Å². The third-order valence-electron chi connectivity index (χ3n) is 1.52. The minimum absolute atomic E-state index is 0.0219. The molecule has 0 saturated carbocycles. The number of para-hydroxylation sites is 1. The van der Waals surface area contributed by atoms with Crippen LogP contribution in [-0.4, -0.2) is 14.5 Å². The van der Waals surface area contributed by atoms with Crippen molar-refractivity contribution >= 4 is 10.0 Å². The molecule has 14 heavy (non-hydrogen) atoms. The summed E-state index contributed by atoms with van der Waals surface area (Å²) in [5.74, 6) is 0.296. The van der Waals surface area contributed by atoms with Crippen LogP contribution in [0.5, 0.6) is 5.75 Å². The van der Waals surface area contributed by atoms with Crippen LogP contribution in [-0.2, 0) is 10.0 Å². The number of hydrogen-bond donors (Lipinski definition) is 1. The second kappa shape index (κ2) is 3.98. The van der Waals surface area contributed by atoms with Gasteiger partial charge in [0, 0.05) is 0 Å². The topological polar surface area (TPSA) is 69.4 Å². The third-order valence-corrected chi connectivity index (χ3v) is 2.47. The largest absolute Gasteiger partial charge is 0.490 e. The Kier molecular flexibility index (Phi) is 3.13. The predicted octanol–water partition coefficient (Wildman–Crippen LogP) is 1.12. The Morgan fingerprint density at radius 1 is 1.29 bits per heavy atom. The highest BCUT2D eigenvalue weighted by Crippen LogP contribution is 2.22. The average Bonchev–Trinajstić information content (AvgIpc) is 2.01. The molecule has 1 aromatic carbocycles. The highest BCUT2D eigenvalue weighted by Gasteiger charge is 2.14. The molecule has 0 aliphatic carbocycles. The zero-order valence-electron chi connectivity index (χ0n) is 8.10. The van der Waals surface area contributed by atoms with E-state index in [2.05, 4.69) is 0 Å². The fourth-order valence-electron chi connectivity index (χ4n) is 1.04. The number of sulfonamides is 1. The van der Waals surface area contributed by atoms with E-state index in [1.807, 2.05) is 13.8 Å². The summed E-state index contributed by atoms with van der Waals surface area (Å²) in [5.41, 5.74) is 0. The first-order chi connectivity index (χ1) is 6.41. The van der Waals surface area contributed by atoms with Crippen molar-refractivity contribution in [3.8, 4) is 5.75 Å². The molecule has 0 aromatic heterocycles. The van der Waals surface area contributed by atoms with Gasteiger partial charge in [-0.2, -0.15) is 0 Å². The van der Waals surface area contributed by atoms with Gasteiger partial charge in [0.05, 0.1) is 6.10 Å². The van der Waals surface area contributed by atoms with Gasteiger partial charge in [-0.15, -0.1) is 0 Å². The van der Waals surface area contributed by atoms with Gasteiger partial charge in [0.1, 0.15) is 10.6 Å². The number of nitrogens with two attached hydrogens (primary N) is 1. The van der Waals surface area contributed by atoms with Crippen LogP contribution in [0.2, 0.25) is 0 Å². The lowest BCUT2D eigenvalue weighted by Gasteiger charge is -2.12. The lowest BCUT2D eigenvalue weighted by molar-refractivity contribution is 0.236. The number of benzene rings is 1. The molecule has 0 spiro atoms. The summed E-state index contributed by atoms with van der Waals surface area (Å²) in [7, 11) is -3.70. The minimum atomic E-state index is -3.70. The van der Waals surface area contributed by atoms with Gasteiger partial charge in [0.25, 0.3) is 0 Å². The van der Waals surface area contributed by atoms with Crippen molar-refractivity contribution in [1.82, 2.24) is 0 Å². The Balaban J connectivity index is 3.17. The molecule has 4 nitrogen and oxygen atoms in total. The highest BCUT2D eigenvalue weighted by molar-refractivity contribution is 7.89. The molecule has 0 fully saturated rings. The molecular weight excluding hydrogens is 202 g/mol. The molecule has 0 amide bonds. The van der Waals surface area contributed by atoms with Gasteiger partial charge < -0.3 is 4.74 Å². The van der Waals surface area contributed by atoms with E-state index in [1.165, 1.54) is 6.07 Å². The van der Waals surface area contributed by atoms with Crippen molar-refractivity contribution in [2.45, 2.75) is 24.8 Å². The van der Waals surface area contributed by atoms with E-state index in [1.54, 1.807) is 18.2 Å². The van der Waals surface area contributed by atoms with Crippen molar-refractivity contribution in [3.63, 3.8) is 0 Å². The zero-order chi connectivity index (χ0) is 10.8. The van der Waals surface area contributed by atoms with Crippen LogP contribution in [0.3, 0.4) is 0 Å². The highest BCUT2D eigenvalue weighted by atomic mass is 32.2. The fraction of sp³-hybridized carbons (Fsp3) is 0.333. The van der Waals surface area contributed by atoms with E-state index in [-0.39, 0.29) is 11.0 Å². The maximum Gasteiger partial charge on any atom is 0.241 e. The Morgan fingerprint density at radius 2 is 1.86 bits per heavy atom. The van der Waals surface area contributed by atoms with Gasteiger partial charge in [0.2, 0.25) is 10.0 Å². The van der Waals surface area contributed by atoms with Crippen molar-refractivity contribution in [3.05, 3.63) is 24.3 Å². The SMILES string of the molecule is CC(C)Oc1ccccc1S(N)(=O)=O. The van der Waals surface area contributed by atoms with Gasteiger partial charge in [-0.3, -0.25) is 0 Å². The summed E-state index contributed by atoms with van der Waals surface area (Å²) in [4.78, 5) is 0.0219. The molecule has 5 heteroatoms. The molecule has 0 saturated heterocycles. The minimum Gasteiger partial charge on any atom is -0.490 e. The standard InChI is InChI=1S/C9H13NO3S/c1-7(2)13-8-5-3-4-6-9(8)14(10,11)12/h3-7H,1-2H3,(H2,10,11,12). The first kappa shape index (κ1) is 11.0. The number of rotatable bonds is 3. The molecule has 2 N–H and O–H groups in total. The fourth-order valence-corrected chi connectivity index (χ4v) is 1.70. The molecular formula is C9H13NO3S. The van der Waals surface area contributed by atoms with Crippen LogP contribution in [0, 0.1) is 0 Å². The van der Waals surface area contributed by atoms with E-state index in [9.17, 15) is 8.42 Å². The normalized spacial score (nSPS) is 11.7. The van der Waals surface area contributed by atoms with Crippen LogP contribution < -0.4 is 9.88 Å². The van der Waals surface area contributed by atoms with Gasteiger partial charge in [-0.25, -0.2) is 13.6 Å². The van der Waals surface area contributed by atoms with Crippen molar-refractivity contribution < 1.29 is 13.2 Å².